The molecule has 0 radical (unpaired) electrons. The molecule has 1 saturated carbocycles. The number of piperazine rings is 1. The van der Waals surface area contributed by atoms with E-state index in [9.17, 15) is 19.2 Å². The number of carbonyl (C=O) groups is 4. The molecule has 274 valence electrons. The van der Waals surface area contributed by atoms with Gasteiger partial charge in [-0.1, -0.05) is 36.4 Å². The molecule has 0 unspecified atom stereocenters. The van der Waals surface area contributed by atoms with Gasteiger partial charge < -0.3 is 38.4 Å². The Hall–Kier alpha value is -4.42. The summed E-state index contributed by atoms with van der Waals surface area (Å²) >= 11 is 0. The summed E-state index contributed by atoms with van der Waals surface area (Å²) in [6, 6.07) is 15.4. The van der Waals surface area contributed by atoms with Crippen LogP contribution in [0.4, 0.5) is 0 Å². The number of nitrogens with zero attached hydrogens (tertiary/aromatic N) is 3. The zero-order valence-corrected chi connectivity index (χ0v) is 30.0. The highest BCUT2D eigenvalue weighted by Crippen LogP contribution is 2.50. The molecular weight excluding hydrogens is 654 g/mol. The topological polar surface area (TPSA) is 124 Å². The third-order valence-corrected chi connectivity index (χ3v) is 10.7. The van der Waals surface area contributed by atoms with Crippen molar-refractivity contribution < 1.29 is 42.9 Å². The zero-order valence-electron chi connectivity index (χ0n) is 30.0. The average Bonchev–Trinajstić information content (AvgIpc) is 4.01. The van der Waals surface area contributed by atoms with Crippen molar-refractivity contribution in [3.05, 3.63) is 71.4 Å². The second-order valence-electron chi connectivity index (χ2n) is 13.8. The van der Waals surface area contributed by atoms with Crippen molar-refractivity contribution in [3.8, 4) is 11.5 Å². The van der Waals surface area contributed by atoms with Gasteiger partial charge in [-0.25, -0.2) is 0 Å². The van der Waals surface area contributed by atoms with E-state index >= 15 is 0 Å². The van der Waals surface area contributed by atoms with E-state index in [2.05, 4.69) is 0 Å². The number of fused-ring (bicyclic) bond motifs is 1. The zero-order chi connectivity index (χ0) is 36.1. The van der Waals surface area contributed by atoms with Gasteiger partial charge in [0.05, 0.1) is 40.6 Å². The van der Waals surface area contributed by atoms with E-state index in [1.807, 2.05) is 66.4 Å². The van der Waals surface area contributed by atoms with Crippen molar-refractivity contribution in [2.45, 2.75) is 57.8 Å². The molecule has 12 nitrogen and oxygen atoms in total. The van der Waals surface area contributed by atoms with Crippen LogP contribution in [-0.2, 0) is 46.4 Å². The molecule has 6 rings (SSSR count). The van der Waals surface area contributed by atoms with Crippen LogP contribution in [0.1, 0.15) is 43.7 Å². The van der Waals surface area contributed by atoms with Gasteiger partial charge >= 0.3 is 5.97 Å². The summed E-state index contributed by atoms with van der Waals surface area (Å²) in [4.78, 5) is 60.1. The number of carbonyl (C=O) groups excluding carboxylic acids is 4. The van der Waals surface area contributed by atoms with Crippen LogP contribution in [0.3, 0.4) is 0 Å². The molecule has 0 aromatic heterocycles. The molecule has 2 aromatic rings. The minimum atomic E-state index is -1.32. The molecule has 51 heavy (non-hydrogen) atoms. The number of likely N-dealkylation sites (tertiary alicyclic amines) is 1. The van der Waals surface area contributed by atoms with Gasteiger partial charge in [0, 0.05) is 56.7 Å². The van der Waals surface area contributed by atoms with Crippen LogP contribution in [-0.4, -0.2) is 111 Å². The molecule has 0 bridgehead atoms. The molecule has 0 N–H and O–H groups in total. The Kier molecular flexibility index (Phi) is 11.3. The maximum atomic E-state index is 14.5. The molecule has 4 aliphatic rings. The van der Waals surface area contributed by atoms with Crippen LogP contribution in [0.5, 0.6) is 11.5 Å². The van der Waals surface area contributed by atoms with Crippen molar-refractivity contribution >= 4 is 23.7 Å². The van der Waals surface area contributed by atoms with Crippen molar-refractivity contribution in [2.75, 3.05) is 60.7 Å². The summed E-state index contributed by atoms with van der Waals surface area (Å²) < 4.78 is 28.8. The smallest absolute Gasteiger partial charge is 0.320 e. The number of esters is 1. The second kappa shape index (κ2) is 15.9. The predicted molar refractivity (Wildman–Crippen MR) is 187 cm³/mol. The molecule has 2 aromatic carbocycles. The first-order valence-electron chi connectivity index (χ1n) is 17.8. The van der Waals surface area contributed by atoms with E-state index in [0.717, 1.165) is 24.0 Å². The van der Waals surface area contributed by atoms with Gasteiger partial charge in [-0.05, 0) is 61.9 Å². The predicted octanol–water partition coefficient (Wildman–Crippen LogP) is 3.61. The minimum Gasteiger partial charge on any atom is -0.493 e. The summed E-state index contributed by atoms with van der Waals surface area (Å²) in [7, 11) is 4.48. The van der Waals surface area contributed by atoms with Crippen LogP contribution in [0.25, 0.3) is 0 Å². The molecule has 0 spiro atoms. The molecule has 3 heterocycles. The maximum absolute atomic E-state index is 14.5. The quantitative estimate of drug-likeness (QED) is 0.288. The fraction of sp³-hybridized carbons (Fsp3) is 0.538. The van der Waals surface area contributed by atoms with Crippen molar-refractivity contribution in [1.82, 2.24) is 14.7 Å². The van der Waals surface area contributed by atoms with E-state index in [0.29, 0.717) is 56.4 Å². The Balaban J connectivity index is 1.25. The third kappa shape index (κ3) is 7.77. The number of methoxy groups -OCH3 is 3. The van der Waals surface area contributed by atoms with E-state index in [1.165, 1.54) is 7.11 Å². The lowest BCUT2D eigenvalue weighted by atomic mass is 9.66. The summed E-state index contributed by atoms with van der Waals surface area (Å²) in [5, 5.41) is 0. The lowest BCUT2D eigenvalue weighted by Gasteiger charge is -2.51. The Labute approximate surface area is 299 Å². The number of rotatable bonds is 13. The van der Waals surface area contributed by atoms with Gasteiger partial charge in [-0.3, -0.25) is 19.2 Å². The number of amides is 3. The molecule has 2 saturated heterocycles. The normalized spacial score (nSPS) is 24.8. The number of hydrogen-bond donors (Lipinski definition) is 0. The standard InChI is InChI=1S/C39H49N3O9/c1-26-39(38(46)49-4)23-30(21-35(43)40-16-18-41(19-17-40)36(44)29-11-12-29)37(45)42(15-14-27-10-13-32(47-2)33(20-27)48-3)34(39)22-31(51-26)25-50-24-28-8-6-5-7-9-28/h5-10,13,20,22,26,29-31H,11-12,14-19,21,23-25H2,1-4H3/t26-,30-,31-,39+/m0/s1. The highest BCUT2D eigenvalue weighted by molar-refractivity contribution is 5.93. The lowest BCUT2D eigenvalue weighted by molar-refractivity contribution is -0.178. The fourth-order valence-electron chi connectivity index (χ4n) is 7.63. The van der Waals surface area contributed by atoms with E-state index < -0.39 is 29.5 Å². The summed E-state index contributed by atoms with van der Waals surface area (Å²) in [6.07, 6.45) is 2.94. The van der Waals surface area contributed by atoms with Crippen LogP contribution in [0.2, 0.25) is 0 Å². The van der Waals surface area contributed by atoms with Crippen LogP contribution >= 0.6 is 0 Å². The summed E-state index contributed by atoms with van der Waals surface area (Å²) in [6.45, 7) is 4.46. The number of hydrogen-bond acceptors (Lipinski definition) is 9. The van der Waals surface area contributed by atoms with Crippen molar-refractivity contribution in [1.29, 1.82) is 0 Å². The first-order valence-corrected chi connectivity index (χ1v) is 17.8. The molecule has 12 heteroatoms. The Bertz CT molecular complexity index is 1620. The summed E-state index contributed by atoms with van der Waals surface area (Å²) in [5.74, 6) is -0.240. The van der Waals surface area contributed by atoms with E-state index in [-0.39, 0.29) is 49.6 Å². The highest BCUT2D eigenvalue weighted by Gasteiger charge is 2.59. The monoisotopic (exact) mass is 703 g/mol. The second-order valence-corrected chi connectivity index (χ2v) is 13.8. The van der Waals surface area contributed by atoms with Gasteiger partial charge in [0.15, 0.2) is 11.5 Å². The lowest BCUT2D eigenvalue weighted by Crippen LogP contribution is -2.61. The van der Waals surface area contributed by atoms with Crippen LogP contribution < -0.4 is 9.47 Å². The first kappa shape index (κ1) is 36.4. The molecule has 4 atom stereocenters. The van der Waals surface area contributed by atoms with Gasteiger partial charge in [0.1, 0.15) is 11.5 Å². The van der Waals surface area contributed by atoms with Gasteiger partial charge in [-0.15, -0.1) is 0 Å². The van der Waals surface area contributed by atoms with E-state index in [4.69, 9.17) is 23.7 Å². The van der Waals surface area contributed by atoms with Gasteiger partial charge in [0.2, 0.25) is 17.7 Å². The Morgan fingerprint density at radius 3 is 2.27 bits per heavy atom. The first-order chi connectivity index (χ1) is 24.7. The summed E-state index contributed by atoms with van der Waals surface area (Å²) in [5.41, 5.74) is 1.12. The molecular formula is C39H49N3O9. The van der Waals surface area contributed by atoms with Crippen molar-refractivity contribution in [3.63, 3.8) is 0 Å². The Morgan fingerprint density at radius 2 is 1.61 bits per heavy atom. The number of benzene rings is 2. The fourth-order valence-corrected chi connectivity index (χ4v) is 7.63. The maximum Gasteiger partial charge on any atom is 0.320 e. The SMILES string of the molecule is COC(=O)[C@@]12C[C@H](CC(=O)N3CCN(C(=O)C4CC4)CC3)C(=O)N(CCc3ccc(OC)c(OC)c3)C1=C[C@@H](COCc1ccccc1)O[C@H]2C. The largest absolute Gasteiger partial charge is 0.493 e. The molecule has 3 amide bonds. The van der Waals surface area contributed by atoms with Crippen LogP contribution in [0, 0.1) is 17.3 Å². The van der Waals surface area contributed by atoms with E-state index in [1.54, 1.807) is 24.0 Å². The number of piperidine rings is 1. The minimum absolute atomic E-state index is 0.0649. The third-order valence-electron chi connectivity index (χ3n) is 10.7. The average molecular weight is 704 g/mol. The van der Waals surface area contributed by atoms with Crippen molar-refractivity contribution in [2.24, 2.45) is 17.3 Å². The Morgan fingerprint density at radius 1 is 0.902 bits per heavy atom. The highest BCUT2D eigenvalue weighted by atomic mass is 16.6. The van der Waals surface area contributed by atoms with Gasteiger partial charge in [-0.2, -0.15) is 0 Å². The van der Waals surface area contributed by atoms with Crippen LogP contribution in [0.15, 0.2) is 60.3 Å². The molecule has 3 aliphatic heterocycles. The molecule has 1 aliphatic carbocycles. The van der Waals surface area contributed by atoms with Gasteiger partial charge in [0.25, 0.3) is 0 Å². The number of ether oxygens (including phenoxy) is 5. The molecule has 3 fully saturated rings.